The topological polar surface area (TPSA) is 164 Å². The Labute approximate surface area is 288 Å². The van der Waals surface area contributed by atoms with Crippen LogP contribution in [-0.4, -0.2) is 62.8 Å². The lowest BCUT2D eigenvalue weighted by molar-refractivity contribution is 0.0896. The third kappa shape index (κ3) is 7.66. The summed E-state index contributed by atoms with van der Waals surface area (Å²) >= 11 is 0. The monoisotopic (exact) mass is 673 g/mol. The zero-order valence-corrected chi connectivity index (χ0v) is 27.5. The SMILES string of the molecule is CN(CCNC(=O)c1ccc(CNC[C@@H](O)c2ccc(O)c3[nH]c(=O)ccc23)cc1)Cc1cnc(C(O)(c2ccccc2)c2ccccc2)o1. The summed E-state index contributed by atoms with van der Waals surface area (Å²) in [6, 6.07) is 31.9. The molecule has 0 saturated heterocycles. The number of pyridine rings is 1. The summed E-state index contributed by atoms with van der Waals surface area (Å²) in [5.74, 6) is 0.522. The molecule has 0 unspecified atom stereocenters. The molecule has 0 spiro atoms. The number of phenolic OH excluding ortho intramolecular Hbond substituents is 1. The standard InChI is InChI=1S/C39H39N5O6/c1-44(25-30-23-42-38(50-30)39(49,28-8-4-2-5-9-28)29-10-6-3-7-11-29)21-20-41-37(48)27-14-12-26(13-15-27)22-40-24-34(46)31-16-18-33(45)36-32(31)17-19-35(47)43-36/h2-19,23,34,40,45-46,49H,20-22,24-25H2,1H3,(H,41,48)(H,43,47)/t34-/m1/s1. The highest BCUT2D eigenvalue weighted by Gasteiger charge is 2.38. The van der Waals surface area contributed by atoms with Gasteiger partial charge in [-0.25, -0.2) is 4.98 Å². The minimum absolute atomic E-state index is 0.0591. The normalized spacial score (nSPS) is 12.3. The summed E-state index contributed by atoms with van der Waals surface area (Å²) in [6.07, 6.45) is 0.752. The zero-order valence-electron chi connectivity index (χ0n) is 27.5. The number of hydrogen-bond donors (Lipinski definition) is 6. The van der Waals surface area contributed by atoms with Gasteiger partial charge in [-0.2, -0.15) is 0 Å². The molecule has 0 fully saturated rings. The van der Waals surface area contributed by atoms with E-state index in [0.29, 0.717) is 59.6 Å². The van der Waals surface area contributed by atoms with E-state index in [9.17, 15) is 24.9 Å². The lowest BCUT2D eigenvalue weighted by atomic mass is 9.86. The van der Waals surface area contributed by atoms with E-state index in [0.717, 1.165) is 5.56 Å². The number of benzene rings is 4. The number of aliphatic hydroxyl groups is 2. The Bertz CT molecular complexity index is 2060. The number of carbonyl (C=O) groups is 1. The first-order valence-corrected chi connectivity index (χ1v) is 16.3. The van der Waals surface area contributed by atoms with E-state index in [1.165, 1.54) is 12.1 Å². The van der Waals surface area contributed by atoms with Crippen LogP contribution in [0.25, 0.3) is 10.9 Å². The number of nitrogens with one attached hydrogen (secondary N) is 3. The molecule has 2 heterocycles. The molecule has 6 rings (SSSR count). The first-order valence-electron chi connectivity index (χ1n) is 16.3. The second-order valence-electron chi connectivity index (χ2n) is 12.2. The first kappa shape index (κ1) is 34.3. The predicted molar refractivity (Wildman–Crippen MR) is 189 cm³/mol. The Morgan fingerprint density at radius 3 is 2.30 bits per heavy atom. The molecule has 2 aromatic heterocycles. The molecule has 0 aliphatic carbocycles. The zero-order chi connectivity index (χ0) is 35.1. The van der Waals surface area contributed by atoms with Crippen LogP contribution in [0.1, 0.15) is 50.4 Å². The third-order valence-electron chi connectivity index (χ3n) is 8.60. The van der Waals surface area contributed by atoms with Gasteiger partial charge < -0.3 is 35.4 Å². The summed E-state index contributed by atoms with van der Waals surface area (Å²) in [7, 11) is 1.92. The van der Waals surface area contributed by atoms with Gasteiger partial charge in [0.25, 0.3) is 5.91 Å². The quantitative estimate of drug-likeness (QED) is 0.0995. The van der Waals surface area contributed by atoms with Crippen molar-refractivity contribution < 1.29 is 24.5 Å². The van der Waals surface area contributed by atoms with Gasteiger partial charge in [-0.3, -0.25) is 14.5 Å². The number of aromatic hydroxyl groups is 1. The lowest BCUT2D eigenvalue weighted by Gasteiger charge is -2.26. The second-order valence-corrected chi connectivity index (χ2v) is 12.2. The van der Waals surface area contributed by atoms with Crippen LogP contribution in [0.3, 0.4) is 0 Å². The number of nitrogens with zero attached hydrogens (tertiary/aromatic N) is 2. The van der Waals surface area contributed by atoms with Crippen molar-refractivity contribution in [2.45, 2.75) is 24.8 Å². The molecule has 1 amide bonds. The number of H-pyrrole nitrogens is 1. The number of amides is 1. The van der Waals surface area contributed by atoms with Crippen LogP contribution >= 0.6 is 0 Å². The predicted octanol–water partition coefficient (Wildman–Crippen LogP) is 4.19. The number of likely N-dealkylation sites (N-methyl/N-ethyl adjacent to an activating group) is 1. The number of carbonyl (C=O) groups excluding carboxylic acids is 1. The maximum absolute atomic E-state index is 12.8. The van der Waals surface area contributed by atoms with E-state index >= 15 is 0 Å². The average molecular weight is 674 g/mol. The van der Waals surface area contributed by atoms with Gasteiger partial charge in [0.1, 0.15) is 11.5 Å². The van der Waals surface area contributed by atoms with Crippen molar-refractivity contribution >= 4 is 16.8 Å². The highest BCUT2D eigenvalue weighted by atomic mass is 16.4. The average Bonchev–Trinajstić information content (AvgIpc) is 3.61. The van der Waals surface area contributed by atoms with Crippen molar-refractivity contribution in [2.24, 2.45) is 0 Å². The highest BCUT2D eigenvalue weighted by Crippen LogP contribution is 2.36. The molecule has 0 radical (unpaired) electrons. The Kier molecular flexibility index (Phi) is 10.5. The van der Waals surface area contributed by atoms with Crippen LogP contribution in [0.2, 0.25) is 0 Å². The number of phenols is 1. The Morgan fingerprint density at radius 1 is 0.940 bits per heavy atom. The van der Waals surface area contributed by atoms with Gasteiger partial charge in [0, 0.05) is 43.2 Å². The van der Waals surface area contributed by atoms with Crippen molar-refractivity contribution in [3.05, 3.63) is 165 Å². The smallest absolute Gasteiger partial charge is 0.251 e. The van der Waals surface area contributed by atoms with Gasteiger partial charge >= 0.3 is 0 Å². The maximum atomic E-state index is 12.8. The van der Waals surface area contributed by atoms with Gasteiger partial charge in [0.15, 0.2) is 5.60 Å². The molecule has 4 aromatic carbocycles. The van der Waals surface area contributed by atoms with Crippen LogP contribution in [0.15, 0.2) is 125 Å². The number of aromatic nitrogens is 2. The van der Waals surface area contributed by atoms with E-state index in [-0.39, 0.29) is 35.2 Å². The second kappa shape index (κ2) is 15.3. The van der Waals surface area contributed by atoms with Crippen LogP contribution in [0, 0.1) is 0 Å². The summed E-state index contributed by atoms with van der Waals surface area (Å²) < 4.78 is 6.09. The maximum Gasteiger partial charge on any atom is 0.251 e. The summed E-state index contributed by atoms with van der Waals surface area (Å²) in [5, 5.41) is 39.5. The fraction of sp³-hybridized carbons (Fsp3) is 0.205. The van der Waals surface area contributed by atoms with Gasteiger partial charge in [0.05, 0.1) is 24.4 Å². The van der Waals surface area contributed by atoms with Crippen molar-refractivity contribution in [1.29, 1.82) is 0 Å². The van der Waals surface area contributed by atoms with E-state index in [2.05, 4.69) is 20.6 Å². The number of hydrogen-bond acceptors (Lipinski definition) is 9. The number of aromatic amines is 1. The van der Waals surface area contributed by atoms with E-state index in [4.69, 9.17) is 4.42 Å². The first-order chi connectivity index (χ1) is 24.2. The van der Waals surface area contributed by atoms with Crippen molar-refractivity contribution in [3.63, 3.8) is 0 Å². The fourth-order valence-electron chi connectivity index (χ4n) is 5.91. The molecule has 50 heavy (non-hydrogen) atoms. The summed E-state index contributed by atoms with van der Waals surface area (Å²) in [5.41, 5.74) is 1.76. The van der Waals surface area contributed by atoms with Crippen molar-refractivity contribution in [1.82, 2.24) is 25.5 Å². The Hall–Kier alpha value is -5.59. The molecule has 0 aliphatic heterocycles. The third-order valence-corrected chi connectivity index (χ3v) is 8.60. The van der Waals surface area contributed by atoms with Crippen LogP contribution in [0.4, 0.5) is 0 Å². The summed E-state index contributed by atoms with van der Waals surface area (Å²) in [6.45, 7) is 2.11. The minimum Gasteiger partial charge on any atom is -0.506 e. The Morgan fingerprint density at radius 2 is 1.62 bits per heavy atom. The van der Waals surface area contributed by atoms with E-state index in [1.54, 1.807) is 30.5 Å². The van der Waals surface area contributed by atoms with Gasteiger partial charge in [-0.05, 0) is 53.6 Å². The van der Waals surface area contributed by atoms with Gasteiger partial charge in [-0.1, -0.05) is 78.9 Å². The molecule has 256 valence electrons. The minimum atomic E-state index is -1.55. The van der Waals surface area contributed by atoms with Gasteiger partial charge in [-0.15, -0.1) is 0 Å². The van der Waals surface area contributed by atoms with E-state index in [1.807, 2.05) is 84.7 Å². The number of rotatable bonds is 14. The molecule has 0 saturated carbocycles. The molecule has 0 bridgehead atoms. The molecule has 11 heteroatoms. The largest absolute Gasteiger partial charge is 0.506 e. The molecular formula is C39H39N5O6. The van der Waals surface area contributed by atoms with Crippen molar-refractivity contribution in [3.8, 4) is 5.75 Å². The molecule has 6 N–H and O–H groups in total. The number of fused-ring (bicyclic) bond motifs is 1. The van der Waals surface area contributed by atoms with Crippen LogP contribution in [-0.2, 0) is 18.7 Å². The lowest BCUT2D eigenvalue weighted by Crippen LogP contribution is -2.32. The molecule has 1 atom stereocenters. The number of aliphatic hydroxyl groups excluding tert-OH is 1. The van der Waals surface area contributed by atoms with Crippen molar-refractivity contribution in [2.75, 3.05) is 26.7 Å². The molecular weight excluding hydrogens is 634 g/mol. The summed E-state index contributed by atoms with van der Waals surface area (Å²) in [4.78, 5) is 33.5. The van der Waals surface area contributed by atoms with E-state index < -0.39 is 11.7 Å². The molecule has 11 nitrogen and oxygen atoms in total. The Balaban J connectivity index is 0.972. The molecule has 6 aromatic rings. The highest BCUT2D eigenvalue weighted by molar-refractivity contribution is 5.94. The molecule has 0 aliphatic rings. The van der Waals surface area contributed by atoms with Gasteiger partial charge in [0.2, 0.25) is 11.4 Å². The fourth-order valence-corrected chi connectivity index (χ4v) is 5.91. The van der Waals surface area contributed by atoms with Crippen LogP contribution in [0.5, 0.6) is 5.75 Å². The van der Waals surface area contributed by atoms with Crippen LogP contribution < -0.4 is 16.2 Å². The number of oxazole rings is 1.